The minimum Gasteiger partial charge on any atom is -0.459 e. The highest BCUT2D eigenvalue weighted by Crippen LogP contribution is 2.25. The van der Waals surface area contributed by atoms with Crippen molar-refractivity contribution in [2.45, 2.75) is 26.2 Å². The van der Waals surface area contributed by atoms with Crippen molar-refractivity contribution in [1.29, 1.82) is 0 Å². The number of halogens is 1. The molecule has 2 aromatic rings. The summed E-state index contributed by atoms with van der Waals surface area (Å²) >= 11 is 6.16. The van der Waals surface area contributed by atoms with E-state index in [1.807, 2.05) is 4.90 Å². The normalized spacial score (nSPS) is 14.5. The maximum atomic E-state index is 12.6. The lowest BCUT2D eigenvalue weighted by molar-refractivity contribution is 0.0724. The molecule has 2 heterocycles. The van der Waals surface area contributed by atoms with Crippen LogP contribution in [0.15, 0.2) is 34.9 Å². The van der Waals surface area contributed by atoms with Crippen LogP contribution in [0, 0.1) is 6.92 Å². The Morgan fingerprint density at radius 1 is 1.17 bits per heavy atom. The Kier molecular flexibility index (Phi) is 4.90. The summed E-state index contributed by atoms with van der Waals surface area (Å²) in [7, 11) is 0. The minimum absolute atomic E-state index is 0.0314. The number of aryl methyl sites for hydroxylation is 1. The maximum absolute atomic E-state index is 12.6. The fraction of sp³-hybridized carbons (Fsp3) is 0.333. The van der Waals surface area contributed by atoms with E-state index in [-0.39, 0.29) is 17.6 Å². The number of carbonyl (C=O) groups excluding carboxylic acids is 2. The standard InChI is InChI=1S/C18H19ClN2O3/c1-12-7-10-24-16(12)17(22)20-15-11-13(5-6-14(15)19)18(23)21-8-3-2-4-9-21/h5-7,10-11H,2-4,8-9H2,1H3,(H,20,22). The van der Waals surface area contributed by atoms with Gasteiger partial charge in [0.25, 0.3) is 11.8 Å². The van der Waals surface area contributed by atoms with Crippen molar-refractivity contribution >= 4 is 29.1 Å². The third-order valence-corrected chi connectivity index (χ3v) is 4.50. The third-order valence-electron chi connectivity index (χ3n) is 4.17. The lowest BCUT2D eigenvalue weighted by Gasteiger charge is -2.27. The van der Waals surface area contributed by atoms with Crippen LogP contribution in [0.3, 0.4) is 0 Å². The molecule has 2 amide bonds. The zero-order valence-corrected chi connectivity index (χ0v) is 14.2. The summed E-state index contributed by atoms with van der Waals surface area (Å²) in [5.41, 5.74) is 1.66. The van der Waals surface area contributed by atoms with Crippen LogP contribution in [0.2, 0.25) is 5.02 Å². The van der Waals surface area contributed by atoms with Crippen LogP contribution in [0.25, 0.3) is 0 Å². The van der Waals surface area contributed by atoms with Gasteiger partial charge in [-0.1, -0.05) is 11.6 Å². The lowest BCUT2D eigenvalue weighted by Crippen LogP contribution is -2.35. The van der Waals surface area contributed by atoms with Gasteiger partial charge in [-0.05, 0) is 50.5 Å². The molecule has 0 spiro atoms. The molecule has 1 aliphatic rings. The average Bonchev–Trinajstić information content (AvgIpc) is 3.03. The van der Waals surface area contributed by atoms with E-state index in [9.17, 15) is 9.59 Å². The Morgan fingerprint density at radius 2 is 1.92 bits per heavy atom. The first-order valence-corrected chi connectivity index (χ1v) is 8.38. The number of carbonyl (C=O) groups is 2. The molecule has 1 saturated heterocycles. The Hall–Kier alpha value is -2.27. The topological polar surface area (TPSA) is 62.6 Å². The van der Waals surface area contributed by atoms with E-state index in [1.54, 1.807) is 31.2 Å². The molecule has 0 aliphatic carbocycles. The Bertz CT molecular complexity index is 763. The van der Waals surface area contributed by atoms with Gasteiger partial charge in [0.2, 0.25) is 0 Å². The predicted octanol–water partition coefficient (Wildman–Crippen LogP) is 4.12. The van der Waals surface area contributed by atoms with Crippen molar-refractivity contribution in [2.24, 2.45) is 0 Å². The SMILES string of the molecule is Cc1ccoc1C(=O)Nc1cc(C(=O)N2CCCCC2)ccc1Cl. The van der Waals surface area contributed by atoms with Crippen LogP contribution < -0.4 is 5.32 Å². The van der Waals surface area contributed by atoms with Crippen LogP contribution in [0.5, 0.6) is 0 Å². The molecule has 1 N–H and O–H groups in total. The number of amides is 2. The second-order valence-electron chi connectivity index (χ2n) is 5.93. The molecule has 0 unspecified atom stereocenters. The van der Waals surface area contributed by atoms with Crippen LogP contribution in [0.1, 0.15) is 45.7 Å². The summed E-state index contributed by atoms with van der Waals surface area (Å²) in [6.45, 7) is 3.33. The number of hydrogen-bond acceptors (Lipinski definition) is 3. The second-order valence-corrected chi connectivity index (χ2v) is 6.34. The van der Waals surface area contributed by atoms with E-state index in [0.717, 1.165) is 37.9 Å². The number of likely N-dealkylation sites (tertiary alicyclic amines) is 1. The molecular weight excluding hydrogens is 328 g/mol. The van der Waals surface area contributed by atoms with Crippen LogP contribution >= 0.6 is 11.6 Å². The number of rotatable bonds is 3. The van der Waals surface area contributed by atoms with Crippen molar-refractivity contribution in [3.63, 3.8) is 0 Å². The molecule has 1 aliphatic heterocycles. The molecule has 1 aromatic heterocycles. The lowest BCUT2D eigenvalue weighted by atomic mass is 10.1. The number of piperidine rings is 1. The molecule has 1 aromatic carbocycles. The zero-order valence-electron chi connectivity index (χ0n) is 13.5. The summed E-state index contributed by atoms with van der Waals surface area (Å²) in [5.74, 6) is -0.183. The van der Waals surface area contributed by atoms with E-state index in [4.69, 9.17) is 16.0 Å². The van der Waals surface area contributed by atoms with Gasteiger partial charge >= 0.3 is 0 Å². The van der Waals surface area contributed by atoms with E-state index in [2.05, 4.69) is 5.32 Å². The third kappa shape index (κ3) is 3.46. The monoisotopic (exact) mass is 346 g/mol. The molecule has 1 fully saturated rings. The number of anilines is 1. The minimum atomic E-state index is -0.387. The molecule has 5 nitrogen and oxygen atoms in total. The zero-order chi connectivity index (χ0) is 17.1. The van der Waals surface area contributed by atoms with Crippen molar-refractivity contribution < 1.29 is 14.0 Å². The summed E-state index contributed by atoms with van der Waals surface area (Å²) in [6.07, 6.45) is 4.68. The fourth-order valence-electron chi connectivity index (χ4n) is 2.82. The average molecular weight is 347 g/mol. The molecule has 3 rings (SSSR count). The Balaban J connectivity index is 1.80. The van der Waals surface area contributed by atoms with Gasteiger partial charge in [0, 0.05) is 24.2 Å². The number of benzene rings is 1. The summed E-state index contributed by atoms with van der Waals surface area (Å²) in [5, 5.41) is 3.09. The molecule has 24 heavy (non-hydrogen) atoms. The maximum Gasteiger partial charge on any atom is 0.291 e. The van der Waals surface area contributed by atoms with Crippen LogP contribution in [0.4, 0.5) is 5.69 Å². The molecular formula is C18H19ClN2O3. The summed E-state index contributed by atoms with van der Waals surface area (Å²) in [6, 6.07) is 6.65. The van der Waals surface area contributed by atoms with Gasteiger partial charge in [0.15, 0.2) is 5.76 Å². The van der Waals surface area contributed by atoms with E-state index in [1.165, 1.54) is 6.26 Å². The van der Waals surface area contributed by atoms with Gasteiger partial charge in [-0.3, -0.25) is 9.59 Å². The van der Waals surface area contributed by atoms with E-state index < -0.39 is 0 Å². The molecule has 0 atom stereocenters. The van der Waals surface area contributed by atoms with E-state index >= 15 is 0 Å². The predicted molar refractivity (Wildman–Crippen MR) is 92.6 cm³/mol. The summed E-state index contributed by atoms with van der Waals surface area (Å²) < 4.78 is 5.18. The number of nitrogens with one attached hydrogen (secondary N) is 1. The number of nitrogens with zero attached hydrogens (tertiary/aromatic N) is 1. The highest BCUT2D eigenvalue weighted by atomic mass is 35.5. The molecule has 0 saturated carbocycles. The van der Waals surface area contributed by atoms with Gasteiger partial charge in [-0.2, -0.15) is 0 Å². The number of hydrogen-bond donors (Lipinski definition) is 1. The quantitative estimate of drug-likeness (QED) is 0.909. The van der Waals surface area contributed by atoms with E-state index in [0.29, 0.717) is 16.3 Å². The van der Waals surface area contributed by atoms with Gasteiger partial charge in [0.05, 0.1) is 17.0 Å². The van der Waals surface area contributed by atoms with Gasteiger partial charge in [-0.25, -0.2) is 0 Å². The first kappa shape index (κ1) is 16.6. The van der Waals surface area contributed by atoms with Crippen LogP contribution in [-0.2, 0) is 0 Å². The highest BCUT2D eigenvalue weighted by molar-refractivity contribution is 6.34. The second kappa shape index (κ2) is 7.09. The van der Waals surface area contributed by atoms with Gasteiger partial charge in [-0.15, -0.1) is 0 Å². The molecule has 126 valence electrons. The largest absolute Gasteiger partial charge is 0.459 e. The Labute approximate surface area is 145 Å². The molecule has 0 radical (unpaired) electrons. The smallest absolute Gasteiger partial charge is 0.291 e. The summed E-state index contributed by atoms with van der Waals surface area (Å²) in [4.78, 5) is 26.7. The first-order valence-electron chi connectivity index (χ1n) is 8.00. The molecule has 6 heteroatoms. The van der Waals surface area contributed by atoms with Gasteiger partial charge < -0.3 is 14.6 Å². The van der Waals surface area contributed by atoms with Gasteiger partial charge in [0.1, 0.15) is 0 Å². The highest BCUT2D eigenvalue weighted by Gasteiger charge is 2.20. The number of furan rings is 1. The van der Waals surface area contributed by atoms with Crippen molar-refractivity contribution in [3.8, 4) is 0 Å². The fourth-order valence-corrected chi connectivity index (χ4v) is 2.98. The van der Waals surface area contributed by atoms with Crippen molar-refractivity contribution in [2.75, 3.05) is 18.4 Å². The van der Waals surface area contributed by atoms with Crippen LogP contribution in [-0.4, -0.2) is 29.8 Å². The van der Waals surface area contributed by atoms with Crippen molar-refractivity contribution in [3.05, 3.63) is 52.4 Å². The Morgan fingerprint density at radius 3 is 2.58 bits per heavy atom. The van der Waals surface area contributed by atoms with Crippen molar-refractivity contribution in [1.82, 2.24) is 4.90 Å². The first-order chi connectivity index (χ1) is 11.6. The molecule has 0 bridgehead atoms.